The number of aryl methyl sites for hydroxylation is 1. The Labute approximate surface area is 422 Å². The molecule has 71 heavy (non-hydrogen) atoms. The third-order valence-corrected chi connectivity index (χ3v) is 18.7. The SMILES string of the molecule is Cc1cc2c3c(c1)N(c1cccc4c1sc1ccccc14)c1cc(N4c5ccc(C(C)(C)C)cc5C5(C)CCCCC45C)ccc1B3c1cc(C(C)(C)C)ccc1N2c1cccc2c1oc1ccccc12. The van der Waals surface area contributed by atoms with Gasteiger partial charge in [0, 0.05) is 65.8 Å². The molecule has 0 bridgehead atoms. The lowest BCUT2D eigenvalue weighted by molar-refractivity contribution is 0.195. The lowest BCUT2D eigenvalue weighted by atomic mass is 9.33. The number of thiophene rings is 1. The first-order chi connectivity index (χ1) is 34.1. The van der Waals surface area contributed by atoms with Crippen molar-refractivity contribution in [3.8, 4) is 0 Å². The van der Waals surface area contributed by atoms with E-state index in [1.165, 1.54) is 118 Å². The van der Waals surface area contributed by atoms with Crippen LogP contribution in [-0.2, 0) is 16.2 Å². The van der Waals surface area contributed by atoms with Gasteiger partial charge in [0.05, 0.1) is 21.6 Å². The smallest absolute Gasteiger partial charge is 0.252 e. The van der Waals surface area contributed by atoms with Crippen molar-refractivity contribution >= 4 is 122 Å². The Morgan fingerprint density at radius 3 is 1.96 bits per heavy atom. The van der Waals surface area contributed by atoms with Gasteiger partial charge in [0.2, 0.25) is 0 Å². The van der Waals surface area contributed by atoms with Crippen LogP contribution in [0.25, 0.3) is 42.1 Å². The summed E-state index contributed by atoms with van der Waals surface area (Å²) in [5.41, 5.74) is 21.0. The Morgan fingerprint density at radius 1 is 0.535 bits per heavy atom. The Kier molecular flexibility index (Phi) is 8.90. The molecule has 0 amide bonds. The van der Waals surface area contributed by atoms with Crippen LogP contribution in [0.5, 0.6) is 0 Å². The maximum absolute atomic E-state index is 6.90. The van der Waals surface area contributed by atoms with Gasteiger partial charge in [0.25, 0.3) is 6.71 Å². The molecule has 14 rings (SSSR count). The second kappa shape index (κ2) is 14.7. The first-order valence-corrected chi connectivity index (χ1v) is 26.7. The molecule has 0 spiro atoms. The first-order valence-electron chi connectivity index (χ1n) is 25.9. The minimum atomic E-state index is -0.0950. The van der Waals surface area contributed by atoms with Gasteiger partial charge in [0.1, 0.15) is 5.58 Å². The predicted molar refractivity (Wildman–Crippen MR) is 306 cm³/mol. The molecule has 4 aliphatic rings. The minimum absolute atomic E-state index is 0.0105. The molecule has 6 heteroatoms. The van der Waals surface area contributed by atoms with E-state index in [4.69, 9.17) is 4.42 Å². The van der Waals surface area contributed by atoms with Crippen LogP contribution in [0.4, 0.5) is 45.5 Å². The minimum Gasteiger partial charge on any atom is -0.454 e. The van der Waals surface area contributed by atoms with Crippen molar-refractivity contribution in [2.45, 2.75) is 110 Å². The van der Waals surface area contributed by atoms with Crippen LogP contribution >= 0.6 is 11.3 Å². The summed E-state index contributed by atoms with van der Waals surface area (Å²) >= 11 is 1.92. The second-order valence-corrected chi connectivity index (χ2v) is 24.8. The summed E-state index contributed by atoms with van der Waals surface area (Å²) in [4.78, 5) is 7.98. The summed E-state index contributed by atoms with van der Waals surface area (Å²) in [7, 11) is 0. The molecule has 1 saturated carbocycles. The summed E-state index contributed by atoms with van der Waals surface area (Å²) in [6, 6.07) is 58.4. The van der Waals surface area contributed by atoms with Crippen LogP contribution in [0, 0.1) is 6.92 Å². The average Bonchev–Trinajstić information content (AvgIpc) is 3.99. The zero-order chi connectivity index (χ0) is 48.5. The summed E-state index contributed by atoms with van der Waals surface area (Å²) in [6.07, 6.45) is 4.83. The Hall–Kier alpha value is -6.76. The van der Waals surface area contributed by atoms with E-state index in [2.05, 4.69) is 229 Å². The van der Waals surface area contributed by atoms with E-state index in [-0.39, 0.29) is 28.5 Å². The fraction of sp³-hybridized carbons (Fsp3) is 0.262. The third kappa shape index (κ3) is 5.92. The van der Waals surface area contributed by atoms with Gasteiger partial charge >= 0.3 is 0 Å². The van der Waals surface area contributed by atoms with Crippen LogP contribution in [0.15, 0.2) is 156 Å². The van der Waals surface area contributed by atoms with Crippen molar-refractivity contribution in [1.29, 1.82) is 0 Å². The molecule has 3 aliphatic heterocycles. The molecule has 0 radical (unpaired) electrons. The van der Waals surface area contributed by atoms with E-state index in [9.17, 15) is 0 Å². The molecule has 350 valence electrons. The normalized spacial score (nSPS) is 19.4. The number of hydrogen-bond acceptors (Lipinski definition) is 5. The lowest BCUT2D eigenvalue weighted by Gasteiger charge is -2.50. The fourth-order valence-electron chi connectivity index (χ4n) is 13.7. The van der Waals surface area contributed by atoms with Gasteiger partial charge in [-0.05, 0) is 137 Å². The highest BCUT2D eigenvalue weighted by Crippen LogP contribution is 2.62. The van der Waals surface area contributed by atoms with E-state index >= 15 is 0 Å². The summed E-state index contributed by atoms with van der Waals surface area (Å²) in [6.45, 7) is 21.5. The maximum atomic E-state index is 6.90. The summed E-state index contributed by atoms with van der Waals surface area (Å²) in [5.74, 6) is 0. The van der Waals surface area contributed by atoms with E-state index in [0.717, 1.165) is 34.0 Å². The first kappa shape index (κ1) is 43.1. The fourth-order valence-corrected chi connectivity index (χ4v) is 14.9. The van der Waals surface area contributed by atoms with Crippen LogP contribution in [0.3, 0.4) is 0 Å². The molecule has 1 aliphatic carbocycles. The molecule has 2 unspecified atom stereocenters. The number of fused-ring (bicyclic) bond motifs is 13. The number of rotatable bonds is 3. The van der Waals surface area contributed by atoms with Crippen molar-refractivity contribution in [3.63, 3.8) is 0 Å². The number of para-hydroxylation sites is 2. The molecule has 2 atom stereocenters. The number of nitrogens with zero attached hydrogens (tertiary/aromatic N) is 3. The molecule has 5 heterocycles. The number of furan rings is 1. The van der Waals surface area contributed by atoms with Gasteiger partial charge < -0.3 is 19.1 Å². The highest BCUT2D eigenvalue weighted by atomic mass is 32.1. The molecule has 4 nitrogen and oxygen atoms in total. The predicted octanol–water partition coefficient (Wildman–Crippen LogP) is 16.7. The quantitative estimate of drug-likeness (QED) is 0.165. The summed E-state index contributed by atoms with van der Waals surface area (Å²) in [5, 5.41) is 4.88. The molecule has 10 aromatic rings. The van der Waals surface area contributed by atoms with Gasteiger partial charge in [-0.2, -0.15) is 0 Å². The lowest BCUT2D eigenvalue weighted by Crippen LogP contribution is -2.61. The third-order valence-electron chi connectivity index (χ3n) is 17.5. The van der Waals surface area contributed by atoms with Gasteiger partial charge in [-0.1, -0.05) is 152 Å². The highest BCUT2D eigenvalue weighted by Gasteiger charge is 2.58. The average molecular weight is 942 g/mol. The number of benzene rings is 8. The second-order valence-electron chi connectivity index (χ2n) is 23.7. The molecule has 8 aromatic carbocycles. The number of anilines is 8. The van der Waals surface area contributed by atoms with Crippen molar-refractivity contribution in [3.05, 3.63) is 174 Å². The molecular formula is C65H60BN3OS. The molecule has 1 fully saturated rings. The molecule has 0 N–H and O–H groups in total. The summed E-state index contributed by atoms with van der Waals surface area (Å²) < 4.78 is 9.52. The topological polar surface area (TPSA) is 22.9 Å². The van der Waals surface area contributed by atoms with Gasteiger partial charge in [-0.25, -0.2) is 0 Å². The Morgan fingerprint density at radius 2 is 1.18 bits per heavy atom. The van der Waals surface area contributed by atoms with Crippen molar-refractivity contribution in [2.24, 2.45) is 0 Å². The Balaban J connectivity index is 1.08. The zero-order valence-electron chi connectivity index (χ0n) is 42.5. The monoisotopic (exact) mass is 941 g/mol. The van der Waals surface area contributed by atoms with E-state index < -0.39 is 0 Å². The van der Waals surface area contributed by atoms with Crippen LogP contribution in [-0.4, -0.2) is 12.3 Å². The van der Waals surface area contributed by atoms with E-state index in [0.29, 0.717) is 0 Å². The van der Waals surface area contributed by atoms with Crippen molar-refractivity contribution < 1.29 is 4.42 Å². The van der Waals surface area contributed by atoms with Crippen LogP contribution in [0.1, 0.15) is 103 Å². The van der Waals surface area contributed by atoms with Crippen LogP contribution < -0.4 is 31.1 Å². The zero-order valence-corrected chi connectivity index (χ0v) is 43.3. The van der Waals surface area contributed by atoms with Gasteiger partial charge in [0.15, 0.2) is 5.58 Å². The van der Waals surface area contributed by atoms with E-state index in [1.54, 1.807) is 0 Å². The molecular weight excluding hydrogens is 882 g/mol. The molecule has 2 aromatic heterocycles. The maximum Gasteiger partial charge on any atom is 0.252 e. The van der Waals surface area contributed by atoms with Gasteiger partial charge in [-0.3, -0.25) is 0 Å². The van der Waals surface area contributed by atoms with E-state index in [1.807, 2.05) is 11.3 Å². The highest BCUT2D eigenvalue weighted by molar-refractivity contribution is 7.26. The largest absolute Gasteiger partial charge is 0.454 e. The van der Waals surface area contributed by atoms with Crippen molar-refractivity contribution in [2.75, 3.05) is 14.7 Å². The number of hydrogen-bond donors (Lipinski definition) is 0. The molecule has 0 saturated heterocycles. The standard InChI is InChI=1S/C65H60BN3OS/c1-39-34-55-59-56(35-39)68(53-23-17-21-46-44-19-11-13-25-58(44)71-61(46)53)54-38-42(69-50-30-26-40(62(2,3)4)36-47(50)64(8)32-14-15-33-65(64,69)9)28-29-48(54)66(59)49-37-41(63(5,6)7)27-31-51(49)67(55)52-22-16-20-45-43-18-10-12-24-57(43)70-60(45)52/h10-13,16-31,34-38H,14-15,32-33H2,1-9H3. The van der Waals surface area contributed by atoms with Crippen molar-refractivity contribution in [1.82, 2.24) is 0 Å². The van der Waals surface area contributed by atoms with Crippen LogP contribution in [0.2, 0.25) is 0 Å². The van der Waals surface area contributed by atoms with Gasteiger partial charge in [-0.15, -0.1) is 11.3 Å². The Bertz CT molecular complexity index is 3900.